The molecule has 2 N–H and O–H groups in total. The van der Waals surface area contributed by atoms with E-state index in [0.29, 0.717) is 5.46 Å². The van der Waals surface area contributed by atoms with Crippen LogP contribution in [0, 0.1) is 0 Å². The second-order valence-corrected chi connectivity index (χ2v) is 10.1. The second kappa shape index (κ2) is 12.6. The lowest BCUT2D eigenvalue weighted by molar-refractivity contribution is 0.426. The van der Waals surface area contributed by atoms with Crippen LogP contribution in [-0.4, -0.2) is 17.2 Å². The van der Waals surface area contributed by atoms with Crippen LogP contribution in [0.3, 0.4) is 0 Å². The molecule has 0 saturated carbocycles. The third-order valence-electron chi connectivity index (χ3n) is 5.90. The molecule has 36 heavy (non-hydrogen) atoms. The molecule has 4 aromatic carbocycles. The summed E-state index contributed by atoms with van der Waals surface area (Å²) in [6.07, 6.45) is 6.46. The quantitative estimate of drug-likeness (QED) is 0.245. The van der Waals surface area contributed by atoms with Crippen LogP contribution in [0.5, 0.6) is 0 Å². The van der Waals surface area contributed by atoms with Crippen LogP contribution in [0.4, 0.5) is 0 Å². The summed E-state index contributed by atoms with van der Waals surface area (Å²) in [7, 11) is -1.34. The van der Waals surface area contributed by atoms with Gasteiger partial charge in [-0.25, -0.2) is 0 Å². The minimum atomic E-state index is -1.34. The van der Waals surface area contributed by atoms with Gasteiger partial charge in [-0.2, -0.15) is 0 Å². The summed E-state index contributed by atoms with van der Waals surface area (Å²) in [5.74, 6) is 0. The van der Waals surface area contributed by atoms with E-state index < -0.39 is 7.12 Å². The molecule has 0 saturated heterocycles. The maximum Gasteiger partial charge on any atom is 0.488 e. The maximum absolute atomic E-state index is 8.58. The van der Waals surface area contributed by atoms with Gasteiger partial charge in [0.05, 0.1) is 0 Å². The molecule has 0 aliphatic heterocycles. The maximum atomic E-state index is 8.58. The third-order valence-corrected chi connectivity index (χ3v) is 7.12. The average Bonchev–Trinajstić information content (AvgIpc) is 3.49. The molecule has 0 amide bonds. The molecule has 2 aliphatic carbocycles. The number of allylic oxidation sites excluding steroid dienone is 2. The fourth-order valence-corrected chi connectivity index (χ4v) is 4.95. The predicted octanol–water partition coefficient (Wildman–Crippen LogP) is 7.33. The first-order valence-electron chi connectivity index (χ1n) is 11.5. The minimum absolute atomic E-state index is 0.525. The lowest BCUT2D eigenvalue weighted by Gasteiger charge is -2.06. The first-order chi connectivity index (χ1) is 17.4. The van der Waals surface area contributed by atoms with Crippen molar-refractivity contribution in [2.75, 3.05) is 0 Å². The van der Waals surface area contributed by atoms with Crippen LogP contribution in [0.15, 0.2) is 109 Å². The van der Waals surface area contributed by atoms with Crippen LogP contribution in [0.1, 0.15) is 27.8 Å². The normalized spacial score (nSPS) is 12.7. The highest BCUT2D eigenvalue weighted by molar-refractivity contribution is 9.15. The molecular weight excluding hydrogens is 554 g/mol. The first-order valence-corrected chi connectivity index (χ1v) is 13.1. The lowest BCUT2D eigenvalue weighted by Crippen LogP contribution is -2.29. The molecule has 0 unspecified atom stereocenters. The third kappa shape index (κ3) is 6.79. The van der Waals surface area contributed by atoms with Gasteiger partial charge >= 0.3 is 7.12 Å². The van der Waals surface area contributed by atoms with E-state index in [2.05, 4.69) is 70.5 Å². The average molecular weight is 578 g/mol. The largest absolute Gasteiger partial charge is 0.488 e. The van der Waals surface area contributed by atoms with Gasteiger partial charge in [-0.3, -0.25) is 0 Å². The van der Waals surface area contributed by atoms with Gasteiger partial charge in [0, 0.05) is 14.5 Å². The number of hydrogen-bond acceptors (Lipinski definition) is 2. The highest BCUT2D eigenvalue weighted by atomic mass is 79.9. The van der Waals surface area contributed by atoms with Crippen molar-refractivity contribution in [1.82, 2.24) is 0 Å². The summed E-state index contributed by atoms with van der Waals surface area (Å²) in [5, 5.41) is 18.8. The van der Waals surface area contributed by atoms with Gasteiger partial charge in [0.1, 0.15) is 0 Å². The molecule has 6 heteroatoms. The van der Waals surface area contributed by atoms with Crippen LogP contribution in [-0.2, 0) is 12.8 Å². The standard InChI is InChI=1S/C15H11Cl.C9H6BrCl.C6H7BO2/c16-13-8-6-12-7-9-14(15(12)10-13)11-4-2-1-3-5-11;10-9-4-2-6-1-3-7(11)5-8(6)9;8-7(9)6-4-2-1-3-5-6/h1-6,8-10H,7H2;1,3-5H,2H2;1-5,8-9H. The van der Waals surface area contributed by atoms with Crippen molar-refractivity contribution in [2.45, 2.75) is 12.8 Å². The van der Waals surface area contributed by atoms with Crippen molar-refractivity contribution in [1.29, 1.82) is 0 Å². The predicted molar refractivity (Wildman–Crippen MR) is 157 cm³/mol. The Kier molecular flexibility index (Phi) is 9.25. The molecule has 180 valence electrons. The smallest absolute Gasteiger partial charge is 0.423 e. The highest BCUT2D eigenvalue weighted by Gasteiger charge is 2.15. The molecule has 0 fully saturated rings. The summed E-state index contributed by atoms with van der Waals surface area (Å²) in [4.78, 5) is 0. The molecule has 0 bridgehead atoms. The SMILES string of the molecule is Clc1ccc2c(c1)C(Br)=CC2.Clc1ccc2c(c1)C(c1ccccc1)=CC2.OB(O)c1ccccc1. The zero-order chi connectivity index (χ0) is 25.5. The van der Waals surface area contributed by atoms with E-state index in [0.717, 1.165) is 27.4 Å². The molecule has 2 nitrogen and oxygen atoms in total. The molecule has 6 rings (SSSR count). The van der Waals surface area contributed by atoms with Crippen LogP contribution in [0.25, 0.3) is 10.1 Å². The Labute approximate surface area is 230 Å². The van der Waals surface area contributed by atoms with E-state index in [1.54, 1.807) is 24.3 Å². The van der Waals surface area contributed by atoms with Gasteiger partial charge in [-0.05, 0) is 76.0 Å². The lowest BCUT2D eigenvalue weighted by atomic mass is 9.81. The van der Waals surface area contributed by atoms with Crippen LogP contribution in [0.2, 0.25) is 10.0 Å². The molecule has 0 spiro atoms. The fourth-order valence-electron chi connectivity index (χ4n) is 4.07. The monoisotopic (exact) mass is 576 g/mol. The van der Waals surface area contributed by atoms with E-state index in [9.17, 15) is 0 Å². The van der Waals surface area contributed by atoms with Crippen molar-refractivity contribution in [3.63, 3.8) is 0 Å². The van der Waals surface area contributed by atoms with Crippen molar-refractivity contribution in [3.8, 4) is 0 Å². The molecule has 0 atom stereocenters. The molecular formula is C30H24BBrCl2O2. The highest BCUT2D eigenvalue weighted by Crippen LogP contribution is 2.34. The van der Waals surface area contributed by atoms with Crippen molar-refractivity contribution < 1.29 is 10.0 Å². The van der Waals surface area contributed by atoms with Crippen molar-refractivity contribution >= 4 is 61.8 Å². The van der Waals surface area contributed by atoms with Gasteiger partial charge < -0.3 is 10.0 Å². The molecule has 2 aliphatic rings. The topological polar surface area (TPSA) is 40.5 Å². The van der Waals surface area contributed by atoms with E-state index in [-0.39, 0.29) is 0 Å². The molecule has 0 radical (unpaired) electrons. The molecule has 0 aromatic heterocycles. The summed E-state index contributed by atoms with van der Waals surface area (Å²) in [6, 6.07) is 31.2. The minimum Gasteiger partial charge on any atom is -0.423 e. The Morgan fingerprint density at radius 2 is 1.17 bits per heavy atom. The summed E-state index contributed by atoms with van der Waals surface area (Å²) >= 11 is 15.4. The molecule has 0 heterocycles. The summed E-state index contributed by atoms with van der Waals surface area (Å²) < 4.78 is 1.16. The fraction of sp³-hybridized carbons (Fsp3) is 0.0667. The Balaban J connectivity index is 0.000000134. The summed E-state index contributed by atoms with van der Waals surface area (Å²) in [5.41, 5.74) is 8.32. The Bertz CT molecular complexity index is 1390. The Morgan fingerprint density at radius 3 is 1.75 bits per heavy atom. The zero-order valence-corrected chi connectivity index (χ0v) is 22.5. The number of benzene rings is 4. The zero-order valence-electron chi connectivity index (χ0n) is 19.4. The summed E-state index contributed by atoms with van der Waals surface area (Å²) in [6.45, 7) is 0. The number of halogens is 3. The van der Waals surface area contributed by atoms with Gasteiger partial charge in [-0.1, -0.05) is 124 Å². The van der Waals surface area contributed by atoms with Gasteiger partial charge in [0.25, 0.3) is 0 Å². The van der Waals surface area contributed by atoms with E-state index in [1.165, 1.54) is 33.4 Å². The van der Waals surface area contributed by atoms with E-state index in [1.807, 2.05) is 30.3 Å². The van der Waals surface area contributed by atoms with Crippen LogP contribution >= 0.6 is 39.1 Å². The van der Waals surface area contributed by atoms with Gasteiger partial charge in [-0.15, -0.1) is 0 Å². The number of fused-ring (bicyclic) bond motifs is 2. The number of hydrogen-bond donors (Lipinski definition) is 2. The Hall–Kier alpha value is -2.60. The first kappa shape index (κ1) is 26.5. The number of rotatable bonds is 2. The molecule has 4 aromatic rings. The van der Waals surface area contributed by atoms with Crippen LogP contribution < -0.4 is 5.46 Å². The van der Waals surface area contributed by atoms with Gasteiger partial charge in [0.2, 0.25) is 0 Å². The Morgan fingerprint density at radius 1 is 0.639 bits per heavy atom. The second-order valence-electron chi connectivity index (χ2n) is 8.33. The van der Waals surface area contributed by atoms with E-state index >= 15 is 0 Å². The van der Waals surface area contributed by atoms with Crippen molar-refractivity contribution in [2.24, 2.45) is 0 Å². The van der Waals surface area contributed by atoms with E-state index in [4.69, 9.17) is 33.2 Å². The van der Waals surface area contributed by atoms with Gasteiger partial charge in [0.15, 0.2) is 0 Å². The van der Waals surface area contributed by atoms with Crippen molar-refractivity contribution in [3.05, 3.63) is 147 Å².